The molecule has 0 radical (unpaired) electrons. The standard InChI is InChI=1S/C8H7Cl4NO3S2/c1-17(14)7-4-5(2-3-6(7)9)13-18(15,16)8(10,11)12/h2-4,13H,1H3/t17-/m0/s1. The molecule has 1 atom stereocenters. The Morgan fingerprint density at radius 1 is 1.28 bits per heavy atom. The van der Waals surface area contributed by atoms with E-state index in [4.69, 9.17) is 46.4 Å². The first-order valence-corrected chi connectivity index (χ1v) is 8.82. The summed E-state index contributed by atoms with van der Waals surface area (Å²) in [5.74, 6) is 0. The van der Waals surface area contributed by atoms with Gasteiger partial charge in [-0.1, -0.05) is 46.4 Å². The fourth-order valence-electron chi connectivity index (χ4n) is 1.00. The third-order valence-electron chi connectivity index (χ3n) is 1.80. The SMILES string of the molecule is C[S@](=O)c1cc(NS(=O)(=O)C(Cl)(Cl)Cl)ccc1Cl. The summed E-state index contributed by atoms with van der Waals surface area (Å²) in [6.07, 6.45) is 1.41. The molecule has 0 aliphatic rings. The molecule has 0 unspecified atom stereocenters. The highest BCUT2D eigenvalue weighted by atomic mass is 35.6. The van der Waals surface area contributed by atoms with Crippen LogP contribution in [0.25, 0.3) is 0 Å². The van der Waals surface area contributed by atoms with Crippen molar-refractivity contribution in [3.63, 3.8) is 0 Å². The van der Waals surface area contributed by atoms with E-state index in [9.17, 15) is 12.6 Å². The number of rotatable bonds is 3. The minimum absolute atomic E-state index is 0.107. The number of hydrogen-bond acceptors (Lipinski definition) is 3. The molecule has 0 aliphatic heterocycles. The van der Waals surface area contributed by atoms with Crippen LogP contribution >= 0.6 is 46.4 Å². The minimum Gasteiger partial charge on any atom is -0.280 e. The van der Waals surface area contributed by atoms with Gasteiger partial charge < -0.3 is 0 Å². The van der Waals surface area contributed by atoms with Crippen molar-refractivity contribution in [3.05, 3.63) is 23.2 Å². The lowest BCUT2D eigenvalue weighted by atomic mass is 10.3. The lowest BCUT2D eigenvalue weighted by molar-refractivity contribution is 0.601. The number of benzene rings is 1. The van der Waals surface area contributed by atoms with Gasteiger partial charge in [-0.15, -0.1) is 0 Å². The zero-order valence-electron chi connectivity index (χ0n) is 8.79. The lowest BCUT2D eigenvalue weighted by Crippen LogP contribution is -2.27. The maximum atomic E-state index is 11.6. The van der Waals surface area contributed by atoms with Gasteiger partial charge in [0.05, 0.1) is 20.7 Å². The number of halogens is 4. The van der Waals surface area contributed by atoms with Gasteiger partial charge in [0.25, 0.3) is 10.0 Å². The predicted octanol–water partition coefficient (Wildman–Crippen LogP) is 3.15. The second kappa shape index (κ2) is 5.73. The van der Waals surface area contributed by atoms with Crippen LogP contribution in [0.5, 0.6) is 0 Å². The molecule has 1 N–H and O–H groups in total. The van der Waals surface area contributed by atoms with Gasteiger partial charge in [0.15, 0.2) is 0 Å². The summed E-state index contributed by atoms with van der Waals surface area (Å²) in [7, 11) is -5.57. The highest BCUT2D eigenvalue weighted by Gasteiger charge is 2.38. The van der Waals surface area contributed by atoms with E-state index in [2.05, 4.69) is 4.72 Å². The van der Waals surface area contributed by atoms with Crippen LogP contribution in [0.4, 0.5) is 5.69 Å². The number of alkyl halides is 3. The van der Waals surface area contributed by atoms with E-state index in [-0.39, 0.29) is 15.6 Å². The summed E-state index contributed by atoms with van der Waals surface area (Å²) in [6.45, 7) is 0. The van der Waals surface area contributed by atoms with E-state index in [0.29, 0.717) is 0 Å². The summed E-state index contributed by atoms with van der Waals surface area (Å²) < 4.78 is 34.1. The average Bonchev–Trinajstić information content (AvgIpc) is 2.18. The van der Waals surface area contributed by atoms with Gasteiger partial charge in [0, 0.05) is 11.9 Å². The molecule has 1 rings (SSSR count). The molecule has 4 nitrogen and oxygen atoms in total. The van der Waals surface area contributed by atoms with Gasteiger partial charge >= 0.3 is 3.12 Å². The third-order valence-corrected chi connectivity index (χ3v) is 6.14. The number of anilines is 1. The van der Waals surface area contributed by atoms with E-state index in [1.807, 2.05) is 0 Å². The highest BCUT2D eigenvalue weighted by molar-refractivity contribution is 7.98. The molecule has 0 saturated carbocycles. The zero-order chi connectivity index (χ0) is 14.1. The topological polar surface area (TPSA) is 63.2 Å². The van der Waals surface area contributed by atoms with Crippen LogP contribution in [0.1, 0.15) is 0 Å². The first-order valence-electron chi connectivity index (χ1n) is 4.26. The van der Waals surface area contributed by atoms with Crippen LogP contribution in [0, 0.1) is 0 Å². The molecule has 0 amide bonds. The predicted molar refractivity (Wildman–Crippen MR) is 76.6 cm³/mol. The Morgan fingerprint density at radius 2 is 1.83 bits per heavy atom. The zero-order valence-corrected chi connectivity index (χ0v) is 13.4. The Balaban J connectivity index is 3.15. The van der Waals surface area contributed by atoms with Crippen LogP contribution in [0.15, 0.2) is 23.1 Å². The number of sulfonamides is 1. The molecular weight excluding hydrogens is 364 g/mol. The molecule has 1 aromatic carbocycles. The van der Waals surface area contributed by atoms with E-state index < -0.39 is 23.9 Å². The molecule has 0 aromatic heterocycles. The third kappa shape index (κ3) is 3.88. The van der Waals surface area contributed by atoms with Crippen molar-refractivity contribution in [3.8, 4) is 0 Å². The van der Waals surface area contributed by atoms with Gasteiger partial charge in [0.2, 0.25) is 0 Å². The molecule has 1 aromatic rings. The maximum Gasteiger partial charge on any atom is 0.311 e. The highest BCUT2D eigenvalue weighted by Crippen LogP contribution is 2.34. The largest absolute Gasteiger partial charge is 0.311 e. The first-order chi connectivity index (χ1) is 8.04. The molecule has 102 valence electrons. The average molecular weight is 371 g/mol. The van der Waals surface area contributed by atoms with E-state index >= 15 is 0 Å². The Kier molecular flexibility index (Phi) is 5.20. The van der Waals surface area contributed by atoms with Crippen molar-refractivity contribution >= 4 is 72.9 Å². The Bertz CT molecular complexity index is 582. The van der Waals surface area contributed by atoms with Crippen LogP contribution in [0.3, 0.4) is 0 Å². The lowest BCUT2D eigenvalue weighted by Gasteiger charge is -2.14. The minimum atomic E-state index is -4.20. The van der Waals surface area contributed by atoms with Gasteiger partial charge in [-0.05, 0) is 18.2 Å². The molecule has 0 heterocycles. The Morgan fingerprint density at radius 3 is 2.28 bits per heavy atom. The van der Waals surface area contributed by atoms with Crippen molar-refractivity contribution in [2.75, 3.05) is 11.0 Å². The summed E-state index contributed by atoms with van der Waals surface area (Å²) >= 11 is 21.7. The summed E-state index contributed by atoms with van der Waals surface area (Å²) in [4.78, 5) is 0.279. The van der Waals surface area contributed by atoms with Gasteiger partial charge in [0.1, 0.15) is 0 Å². The summed E-state index contributed by atoms with van der Waals surface area (Å²) in [5.41, 5.74) is 0.107. The van der Waals surface area contributed by atoms with Crippen molar-refractivity contribution in [1.82, 2.24) is 0 Å². The fraction of sp³-hybridized carbons (Fsp3) is 0.250. The van der Waals surface area contributed by atoms with Gasteiger partial charge in [-0.3, -0.25) is 8.93 Å². The van der Waals surface area contributed by atoms with Crippen molar-refractivity contribution < 1.29 is 12.6 Å². The maximum absolute atomic E-state index is 11.6. The molecule has 18 heavy (non-hydrogen) atoms. The van der Waals surface area contributed by atoms with Crippen LogP contribution in [-0.4, -0.2) is 22.0 Å². The van der Waals surface area contributed by atoms with Gasteiger partial charge in [-0.2, -0.15) is 0 Å². The van der Waals surface area contributed by atoms with E-state index in [1.54, 1.807) is 0 Å². The Labute approximate surface area is 127 Å². The molecule has 0 fully saturated rings. The van der Waals surface area contributed by atoms with Gasteiger partial charge in [-0.25, -0.2) is 8.42 Å². The summed E-state index contributed by atoms with van der Waals surface area (Å²) in [6, 6.07) is 4.08. The fourth-order valence-corrected chi connectivity index (χ4v) is 2.98. The number of nitrogens with one attached hydrogen (secondary N) is 1. The van der Waals surface area contributed by atoms with Crippen LogP contribution in [0.2, 0.25) is 5.02 Å². The molecule has 0 spiro atoms. The van der Waals surface area contributed by atoms with E-state index in [1.165, 1.54) is 24.5 Å². The smallest absolute Gasteiger partial charge is 0.280 e. The number of hydrogen-bond donors (Lipinski definition) is 1. The second-order valence-corrected chi connectivity index (χ2v) is 9.68. The van der Waals surface area contributed by atoms with Crippen molar-refractivity contribution in [2.24, 2.45) is 0 Å². The Hall–Kier alpha value is 0.280. The second-order valence-electron chi connectivity index (χ2n) is 3.15. The van der Waals surface area contributed by atoms with Crippen molar-refractivity contribution in [1.29, 1.82) is 0 Å². The van der Waals surface area contributed by atoms with Crippen LogP contribution in [-0.2, 0) is 20.8 Å². The molecule has 0 saturated heterocycles. The molecular formula is C8H7Cl4NO3S2. The molecule has 0 aliphatic carbocycles. The van der Waals surface area contributed by atoms with E-state index in [0.717, 1.165) is 0 Å². The van der Waals surface area contributed by atoms with Crippen molar-refractivity contribution in [2.45, 2.75) is 8.02 Å². The first kappa shape index (κ1) is 16.3. The normalized spacial score (nSPS) is 14.3. The monoisotopic (exact) mass is 369 g/mol. The summed E-state index contributed by atoms with van der Waals surface area (Å²) in [5, 5.41) is 0.257. The van der Waals surface area contributed by atoms with Crippen LogP contribution < -0.4 is 4.72 Å². The molecule has 0 bridgehead atoms. The molecule has 10 heteroatoms. The quantitative estimate of drug-likeness (QED) is 0.831.